The monoisotopic (exact) mass is 385 g/mol. The third kappa shape index (κ3) is 3.29. The van der Waals surface area contributed by atoms with Gasteiger partial charge in [0.05, 0.1) is 13.7 Å². The first-order valence-electron chi connectivity index (χ1n) is 10.2. The van der Waals surface area contributed by atoms with Gasteiger partial charge in [-0.2, -0.15) is 0 Å². The molecule has 152 valence electrons. The molecule has 0 saturated carbocycles. The van der Waals surface area contributed by atoms with Crippen LogP contribution in [-0.2, 0) is 19.2 Å². The number of ether oxygens (including phenoxy) is 2. The lowest BCUT2D eigenvalue weighted by atomic mass is 9.85. The average Bonchev–Trinajstić information content (AvgIpc) is 3.20. The summed E-state index contributed by atoms with van der Waals surface area (Å²) in [6.07, 6.45) is 7.43. The topological polar surface area (TPSA) is 59.8 Å². The maximum atomic E-state index is 11.4. The van der Waals surface area contributed by atoms with Gasteiger partial charge in [-0.05, 0) is 62.8 Å². The fourth-order valence-corrected chi connectivity index (χ4v) is 5.07. The van der Waals surface area contributed by atoms with Gasteiger partial charge in [-0.15, -0.1) is 0 Å². The SMILES string of the molecule is CCOc1cc(CN2[C@H]3CC[C@H]2CC(O)(c2nccn2C)C3)c(C)cc1OC. The minimum absolute atomic E-state index is 0.373. The maximum Gasteiger partial charge on any atom is 0.161 e. The van der Waals surface area contributed by atoms with Crippen molar-refractivity contribution in [1.82, 2.24) is 14.5 Å². The van der Waals surface area contributed by atoms with E-state index < -0.39 is 5.60 Å². The molecule has 28 heavy (non-hydrogen) atoms. The highest BCUT2D eigenvalue weighted by atomic mass is 16.5. The molecule has 0 amide bonds. The molecule has 2 fully saturated rings. The van der Waals surface area contributed by atoms with Crippen molar-refractivity contribution in [2.24, 2.45) is 7.05 Å². The van der Waals surface area contributed by atoms with E-state index in [-0.39, 0.29) is 0 Å². The molecule has 2 aliphatic rings. The van der Waals surface area contributed by atoms with Crippen LogP contribution >= 0.6 is 0 Å². The van der Waals surface area contributed by atoms with Crippen molar-refractivity contribution in [3.8, 4) is 11.5 Å². The normalized spacial score (nSPS) is 27.2. The zero-order chi connectivity index (χ0) is 19.9. The number of hydrogen-bond donors (Lipinski definition) is 1. The second-order valence-electron chi connectivity index (χ2n) is 8.22. The molecule has 0 radical (unpaired) electrons. The number of imidazole rings is 1. The van der Waals surface area contributed by atoms with Crippen LogP contribution in [0.1, 0.15) is 49.6 Å². The van der Waals surface area contributed by atoms with Crippen LogP contribution in [0, 0.1) is 6.92 Å². The first-order valence-corrected chi connectivity index (χ1v) is 10.2. The second kappa shape index (κ2) is 7.41. The minimum atomic E-state index is -0.827. The number of aliphatic hydroxyl groups is 1. The molecule has 2 aromatic rings. The molecule has 0 aliphatic carbocycles. The summed E-state index contributed by atoms with van der Waals surface area (Å²) in [5.74, 6) is 2.39. The number of hydrogen-bond acceptors (Lipinski definition) is 5. The molecule has 2 bridgehead atoms. The standard InChI is InChI=1S/C22H31N3O3/c1-5-28-20-11-16(15(2)10-19(20)27-4)14-25-17-6-7-18(25)13-22(26,12-17)21-23-8-9-24(21)3/h8-11,17-18,26H,5-7,12-14H2,1-4H3/t17-,18-/m0/s1. The number of benzene rings is 1. The van der Waals surface area contributed by atoms with Gasteiger partial charge in [-0.25, -0.2) is 4.98 Å². The molecule has 6 nitrogen and oxygen atoms in total. The van der Waals surface area contributed by atoms with Crippen LogP contribution in [0.2, 0.25) is 0 Å². The molecule has 3 heterocycles. The van der Waals surface area contributed by atoms with Gasteiger partial charge in [0.25, 0.3) is 0 Å². The Bertz CT molecular complexity index is 834. The molecule has 1 aromatic carbocycles. The van der Waals surface area contributed by atoms with Crippen LogP contribution in [0.3, 0.4) is 0 Å². The van der Waals surface area contributed by atoms with Crippen LogP contribution in [0.15, 0.2) is 24.5 Å². The highest BCUT2D eigenvalue weighted by Gasteiger charge is 2.49. The van der Waals surface area contributed by atoms with E-state index in [9.17, 15) is 5.11 Å². The van der Waals surface area contributed by atoms with E-state index in [4.69, 9.17) is 9.47 Å². The number of fused-ring (bicyclic) bond motifs is 2. The Hall–Kier alpha value is -2.05. The maximum absolute atomic E-state index is 11.4. The molecule has 2 aliphatic heterocycles. The summed E-state index contributed by atoms with van der Waals surface area (Å²) in [4.78, 5) is 7.02. The molecule has 0 spiro atoms. The van der Waals surface area contributed by atoms with E-state index in [0.29, 0.717) is 18.7 Å². The van der Waals surface area contributed by atoms with Crippen LogP contribution in [0.5, 0.6) is 11.5 Å². The van der Waals surface area contributed by atoms with Gasteiger partial charge >= 0.3 is 0 Å². The minimum Gasteiger partial charge on any atom is -0.493 e. The summed E-state index contributed by atoms with van der Waals surface area (Å²) in [6.45, 7) is 5.61. The zero-order valence-corrected chi connectivity index (χ0v) is 17.3. The lowest BCUT2D eigenvalue weighted by molar-refractivity contribution is -0.0670. The Kier molecular flexibility index (Phi) is 5.10. The van der Waals surface area contributed by atoms with Crippen molar-refractivity contribution < 1.29 is 14.6 Å². The fraction of sp³-hybridized carbons (Fsp3) is 0.591. The van der Waals surface area contributed by atoms with Crippen LogP contribution in [0.4, 0.5) is 0 Å². The Morgan fingerprint density at radius 3 is 2.50 bits per heavy atom. The molecule has 2 atom stereocenters. The fourth-order valence-electron chi connectivity index (χ4n) is 5.07. The number of rotatable bonds is 6. The Morgan fingerprint density at radius 1 is 1.21 bits per heavy atom. The summed E-state index contributed by atoms with van der Waals surface area (Å²) in [6, 6.07) is 4.93. The van der Waals surface area contributed by atoms with Crippen molar-refractivity contribution in [2.75, 3.05) is 13.7 Å². The van der Waals surface area contributed by atoms with E-state index in [1.165, 1.54) is 11.1 Å². The van der Waals surface area contributed by atoms with Gasteiger partial charge < -0.3 is 19.1 Å². The molecule has 6 heteroatoms. The van der Waals surface area contributed by atoms with Crippen molar-refractivity contribution in [1.29, 1.82) is 0 Å². The summed E-state index contributed by atoms with van der Waals surface area (Å²) in [5, 5.41) is 11.4. The predicted octanol–water partition coefficient (Wildman–Crippen LogP) is 3.15. The number of aromatic nitrogens is 2. The Morgan fingerprint density at radius 2 is 1.93 bits per heavy atom. The smallest absolute Gasteiger partial charge is 0.161 e. The largest absolute Gasteiger partial charge is 0.493 e. The molecule has 4 rings (SSSR count). The van der Waals surface area contributed by atoms with Gasteiger partial charge in [-0.3, -0.25) is 4.90 Å². The highest BCUT2D eigenvalue weighted by molar-refractivity contribution is 5.47. The van der Waals surface area contributed by atoms with Gasteiger partial charge in [0.1, 0.15) is 11.4 Å². The first kappa shape index (κ1) is 19.3. The second-order valence-corrected chi connectivity index (χ2v) is 8.22. The number of piperidine rings is 1. The van der Waals surface area contributed by atoms with E-state index in [1.54, 1.807) is 13.3 Å². The molecule has 2 saturated heterocycles. The summed E-state index contributed by atoms with van der Waals surface area (Å²) in [7, 11) is 3.64. The van der Waals surface area contributed by atoms with E-state index in [0.717, 1.165) is 49.6 Å². The van der Waals surface area contributed by atoms with Crippen molar-refractivity contribution >= 4 is 0 Å². The zero-order valence-electron chi connectivity index (χ0n) is 17.3. The number of nitrogens with zero attached hydrogens (tertiary/aromatic N) is 3. The van der Waals surface area contributed by atoms with Crippen molar-refractivity contribution in [3.63, 3.8) is 0 Å². The third-order valence-corrected chi connectivity index (χ3v) is 6.43. The van der Waals surface area contributed by atoms with E-state index in [1.807, 2.05) is 24.7 Å². The molecule has 0 unspecified atom stereocenters. The number of aryl methyl sites for hydroxylation is 2. The summed E-state index contributed by atoms with van der Waals surface area (Å²) < 4.78 is 13.2. The van der Waals surface area contributed by atoms with Crippen molar-refractivity contribution in [2.45, 2.75) is 63.8 Å². The van der Waals surface area contributed by atoms with Gasteiger partial charge in [0.15, 0.2) is 11.5 Å². The van der Waals surface area contributed by atoms with Crippen LogP contribution < -0.4 is 9.47 Å². The Labute approximate surface area is 167 Å². The molecule has 1 N–H and O–H groups in total. The van der Waals surface area contributed by atoms with Gasteiger partial charge in [0.2, 0.25) is 0 Å². The van der Waals surface area contributed by atoms with Crippen LogP contribution in [0.25, 0.3) is 0 Å². The lowest BCUT2D eigenvalue weighted by Gasteiger charge is -2.43. The quantitative estimate of drug-likeness (QED) is 0.828. The predicted molar refractivity (Wildman–Crippen MR) is 108 cm³/mol. The molecular weight excluding hydrogens is 354 g/mol. The summed E-state index contributed by atoms with van der Waals surface area (Å²) in [5.41, 5.74) is 1.65. The highest BCUT2D eigenvalue weighted by Crippen LogP contribution is 2.46. The number of methoxy groups -OCH3 is 1. The molecule has 1 aromatic heterocycles. The Balaban J connectivity index is 1.56. The molecular formula is C22H31N3O3. The lowest BCUT2D eigenvalue weighted by Crippen LogP contribution is -2.50. The van der Waals surface area contributed by atoms with E-state index >= 15 is 0 Å². The summed E-state index contributed by atoms with van der Waals surface area (Å²) >= 11 is 0. The van der Waals surface area contributed by atoms with E-state index in [2.05, 4.69) is 28.9 Å². The first-order chi connectivity index (χ1) is 13.4. The van der Waals surface area contributed by atoms with Crippen molar-refractivity contribution in [3.05, 3.63) is 41.5 Å². The van der Waals surface area contributed by atoms with Gasteiger partial charge in [-0.1, -0.05) is 0 Å². The van der Waals surface area contributed by atoms with Crippen LogP contribution in [-0.4, -0.2) is 45.4 Å². The van der Waals surface area contributed by atoms with Gasteiger partial charge in [0, 0.05) is 38.1 Å². The third-order valence-electron chi connectivity index (χ3n) is 6.43. The average molecular weight is 386 g/mol.